The Morgan fingerprint density at radius 3 is 2.25 bits per heavy atom. The summed E-state index contributed by atoms with van der Waals surface area (Å²) >= 11 is 0. The van der Waals surface area contributed by atoms with Crippen molar-refractivity contribution < 1.29 is 22.8 Å². The lowest BCUT2D eigenvalue weighted by atomic mass is 10.0. The van der Waals surface area contributed by atoms with Gasteiger partial charge in [-0.2, -0.15) is 5.10 Å². The third-order valence-corrected chi connectivity index (χ3v) is 3.80. The Bertz CT molecular complexity index is 841. The van der Waals surface area contributed by atoms with Gasteiger partial charge in [-0.25, -0.2) is 18.0 Å². The molecule has 126 valence electrons. The molecule has 10 heteroatoms. The van der Waals surface area contributed by atoms with Crippen LogP contribution in [-0.2, 0) is 13.1 Å². The van der Waals surface area contributed by atoms with Crippen molar-refractivity contribution in [1.82, 2.24) is 14.7 Å². The molecule has 0 saturated carbocycles. The lowest BCUT2D eigenvalue weighted by Gasteiger charge is -2.26. The first-order valence-electron chi connectivity index (χ1n) is 6.88. The maximum Gasteiger partial charge on any atom is 0.315 e. The minimum Gasteiger partial charge on any atom is -0.365 e. The van der Waals surface area contributed by atoms with Crippen molar-refractivity contribution in [2.75, 3.05) is 6.54 Å². The summed E-state index contributed by atoms with van der Waals surface area (Å²) in [4.78, 5) is 24.4. The summed E-state index contributed by atoms with van der Waals surface area (Å²) in [5.74, 6) is -5.33. The summed E-state index contributed by atoms with van der Waals surface area (Å²) in [5.41, 5.74) is 10.6. The zero-order valence-corrected chi connectivity index (χ0v) is 12.2. The lowest BCUT2D eigenvalue weighted by molar-refractivity contribution is 0.0997. The second kappa shape index (κ2) is 5.55. The van der Waals surface area contributed by atoms with Gasteiger partial charge in [-0.3, -0.25) is 9.48 Å². The van der Waals surface area contributed by atoms with Gasteiger partial charge < -0.3 is 16.4 Å². The monoisotopic (exact) mass is 339 g/mol. The molecule has 24 heavy (non-hydrogen) atoms. The third kappa shape index (κ3) is 2.45. The van der Waals surface area contributed by atoms with Crippen LogP contribution in [0.25, 0.3) is 11.3 Å². The fourth-order valence-electron chi connectivity index (χ4n) is 2.66. The zero-order chi connectivity index (χ0) is 17.6. The maximum absolute atomic E-state index is 13.5. The number of carbonyl (C=O) groups is 2. The molecule has 3 rings (SSSR count). The van der Waals surface area contributed by atoms with E-state index in [0.717, 1.165) is 12.1 Å². The van der Waals surface area contributed by atoms with E-state index in [1.165, 1.54) is 9.58 Å². The smallest absolute Gasteiger partial charge is 0.315 e. The number of rotatable bonds is 2. The van der Waals surface area contributed by atoms with Crippen molar-refractivity contribution in [3.63, 3.8) is 0 Å². The van der Waals surface area contributed by atoms with Gasteiger partial charge in [0.15, 0.2) is 17.5 Å². The van der Waals surface area contributed by atoms with Gasteiger partial charge in [-0.05, 0) is 12.1 Å². The summed E-state index contributed by atoms with van der Waals surface area (Å²) in [6.07, 6.45) is 0. The molecule has 1 aromatic heterocycles. The number of primary amides is 2. The highest BCUT2D eigenvalue weighted by Crippen LogP contribution is 2.30. The molecule has 0 unspecified atom stereocenters. The Morgan fingerprint density at radius 2 is 1.71 bits per heavy atom. The molecule has 0 fully saturated rings. The zero-order valence-electron chi connectivity index (χ0n) is 12.2. The van der Waals surface area contributed by atoms with Crippen LogP contribution < -0.4 is 11.5 Å². The molecule has 4 N–H and O–H groups in total. The quantitative estimate of drug-likeness (QED) is 0.796. The second-order valence-electron chi connectivity index (χ2n) is 5.27. The first-order chi connectivity index (χ1) is 11.3. The van der Waals surface area contributed by atoms with E-state index in [0.29, 0.717) is 5.69 Å². The molecule has 0 spiro atoms. The standard InChI is InChI=1S/C14H12F3N5O2/c15-7-3-6(4-8(16)11(7)17)12-10(13(18)23)9-5-21(14(19)24)1-2-22(9)20-12/h3-4H,1-2,5H2,(H2,18,23)(H2,19,24). The molecule has 2 heterocycles. The summed E-state index contributed by atoms with van der Waals surface area (Å²) in [6, 6.07) is 0.772. The molecule has 2 aromatic rings. The number of fused-ring (bicyclic) bond motifs is 1. The highest BCUT2D eigenvalue weighted by Gasteiger charge is 2.29. The van der Waals surface area contributed by atoms with Crippen molar-refractivity contribution in [3.05, 3.63) is 40.8 Å². The minimum atomic E-state index is -1.62. The van der Waals surface area contributed by atoms with Crippen molar-refractivity contribution in [1.29, 1.82) is 0 Å². The first-order valence-corrected chi connectivity index (χ1v) is 6.88. The molecule has 0 radical (unpaired) electrons. The summed E-state index contributed by atoms with van der Waals surface area (Å²) in [5, 5.41) is 4.13. The predicted octanol–water partition coefficient (Wildman–Crippen LogP) is 0.961. The van der Waals surface area contributed by atoms with E-state index < -0.39 is 29.4 Å². The number of carbonyl (C=O) groups excluding carboxylic acids is 2. The lowest BCUT2D eigenvalue weighted by Crippen LogP contribution is -2.42. The molecule has 1 aliphatic rings. The summed E-state index contributed by atoms with van der Waals surface area (Å²) in [7, 11) is 0. The van der Waals surface area contributed by atoms with Gasteiger partial charge in [0.05, 0.1) is 24.3 Å². The van der Waals surface area contributed by atoms with E-state index in [2.05, 4.69) is 5.10 Å². The molecule has 0 bridgehead atoms. The van der Waals surface area contributed by atoms with Crippen molar-refractivity contribution in [3.8, 4) is 11.3 Å². The Hall–Kier alpha value is -3.04. The van der Waals surface area contributed by atoms with Crippen LogP contribution in [0.1, 0.15) is 16.1 Å². The molecule has 1 aliphatic heterocycles. The molecular weight excluding hydrogens is 327 g/mol. The van der Waals surface area contributed by atoms with E-state index >= 15 is 0 Å². The van der Waals surface area contributed by atoms with Crippen molar-refractivity contribution in [2.45, 2.75) is 13.1 Å². The number of urea groups is 1. The van der Waals surface area contributed by atoms with Crippen molar-refractivity contribution in [2.24, 2.45) is 11.5 Å². The van der Waals surface area contributed by atoms with Gasteiger partial charge in [-0.15, -0.1) is 0 Å². The summed E-state index contributed by atoms with van der Waals surface area (Å²) < 4.78 is 41.5. The molecule has 1 aromatic carbocycles. The SMILES string of the molecule is NC(=O)c1c(-c2cc(F)c(F)c(F)c2)nn2c1CN(C(N)=O)CC2. The number of amides is 3. The van der Waals surface area contributed by atoms with Crippen LogP contribution in [0.15, 0.2) is 12.1 Å². The molecule has 7 nitrogen and oxygen atoms in total. The Balaban J connectivity index is 2.17. The normalized spacial score (nSPS) is 13.7. The molecule has 0 atom stereocenters. The average molecular weight is 339 g/mol. The molecular formula is C14H12F3N5O2. The van der Waals surface area contributed by atoms with Crippen LogP contribution in [-0.4, -0.2) is 33.2 Å². The fourth-order valence-corrected chi connectivity index (χ4v) is 2.66. The Kier molecular flexibility index (Phi) is 3.66. The van der Waals surface area contributed by atoms with Gasteiger partial charge in [-0.1, -0.05) is 0 Å². The average Bonchev–Trinajstić information content (AvgIpc) is 2.90. The molecule has 0 aliphatic carbocycles. The van der Waals surface area contributed by atoms with E-state index in [1.807, 2.05) is 0 Å². The topological polar surface area (TPSA) is 107 Å². The number of hydrogen-bond acceptors (Lipinski definition) is 3. The number of aromatic nitrogens is 2. The number of hydrogen-bond donors (Lipinski definition) is 2. The van der Waals surface area contributed by atoms with Crippen LogP contribution in [0.4, 0.5) is 18.0 Å². The van der Waals surface area contributed by atoms with E-state index in [9.17, 15) is 22.8 Å². The first kappa shape index (κ1) is 15.8. The largest absolute Gasteiger partial charge is 0.365 e. The van der Waals surface area contributed by atoms with Crippen LogP contribution in [0, 0.1) is 17.5 Å². The maximum atomic E-state index is 13.5. The Labute approximate surface area is 133 Å². The highest BCUT2D eigenvalue weighted by molar-refractivity contribution is 6.00. The third-order valence-electron chi connectivity index (χ3n) is 3.80. The summed E-state index contributed by atoms with van der Waals surface area (Å²) in [6.45, 7) is 0.464. The van der Waals surface area contributed by atoms with Crippen LogP contribution in [0.5, 0.6) is 0 Å². The number of nitrogens with zero attached hydrogens (tertiary/aromatic N) is 3. The van der Waals surface area contributed by atoms with Gasteiger partial charge in [0.1, 0.15) is 5.69 Å². The van der Waals surface area contributed by atoms with Gasteiger partial charge in [0.25, 0.3) is 5.91 Å². The van der Waals surface area contributed by atoms with E-state index in [4.69, 9.17) is 11.5 Å². The van der Waals surface area contributed by atoms with Gasteiger partial charge >= 0.3 is 6.03 Å². The van der Waals surface area contributed by atoms with Gasteiger partial charge in [0, 0.05) is 12.1 Å². The fraction of sp³-hybridized carbons (Fsp3) is 0.214. The Morgan fingerprint density at radius 1 is 1.08 bits per heavy atom. The molecule has 0 saturated heterocycles. The van der Waals surface area contributed by atoms with Gasteiger partial charge in [0.2, 0.25) is 0 Å². The minimum absolute atomic E-state index is 0.0211. The highest BCUT2D eigenvalue weighted by atomic mass is 19.2. The number of benzene rings is 1. The molecule has 3 amide bonds. The van der Waals surface area contributed by atoms with Crippen LogP contribution >= 0.6 is 0 Å². The number of nitrogens with two attached hydrogens (primary N) is 2. The van der Waals surface area contributed by atoms with E-state index in [1.54, 1.807) is 0 Å². The second-order valence-corrected chi connectivity index (χ2v) is 5.27. The predicted molar refractivity (Wildman–Crippen MR) is 76.0 cm³/mol. The number of halogens is 3. The van der Waals surface area contributed by atoms with Crippen molar-refractivity contribution >= 4 is 11.9 Å². The van der Waals surface area contributed by atoms with Crippen LogP contribution in [0.2, 0.25) is 0 Å². The van der Waals surface area contributed by atoms with Crippen LogP contribution in [0.3, 0.4) is 0 Å². The van der Waals surface area contributed by atoms with E-state index in [-0.39, 0.29) is 36.5 Å².